The van der Waals surface area contributed by atoms with Gasteiger partial charge in [-0.15, -0.1) is 0 Å². The van der Waals surface area contributed by atoms with Crippen molar-refractivity contribution in [1.29, 1.82) is 0 Å². The van der Waals surface area contributed by atoms with Gasteiger partial charge in [0.25, 0.3) is 0 Å². The van der Waals surface area contributed by atoms with Gasteiger partial charge in [0.15, 0.2) is 0 Å². The van der Waals surface area contributed by atoms with Crippen molar-refractivity contribution in [3.05, 3.63) is 64.1 Å². The topological polar surface area (TPSA) is 9.23 Å². The molecule has 0 heterocycles. The molecule has 82 valence electrons. The molecule has 0 bridgehead atoms. The Kier molecular flexibility index (Phi) is 3.62. The van der Waals surface area contributed by atoms with Crippen LogP contribution in [0.2, 0.25) is 0 Å². The van der Waals surface area contributed by atoms with Crippen molar-refractivity contribution in [2.24, 2.45) is 0 Å². The maximum Gasteiger partial charge on any atom is 0.133 e. The van der Waals surface area contributed by atoms with Crippen LogP contribution in [-0.2, 0) is 6.42 Å². The summed E-state index contributed by atoms with van der Waals surface area (Å²) in [6, 6.07) is 16.5. The Labute approximate surface area is 104 Å². The predicted octanol–water partition coefficient (Wildman–Crippen LogP) is 4.05. The fourth-order valence-corrected chi connectivity index (χ4v) is 2.23. The van der Waals surface area contributed by atoms with Crippen LogP contribution in [0.4, 0.5) is 0 Å². The lowest BCUT2D eigenvalue weighted by molar-refractivity contribution is 0.411. The van der Waals surface area contributed by atoms with E-state index in [0.717, 1.165) is 16.6 Å². The zero-order valence-electron chi connectivity index (χ0n) is 9.11. The number of methoxy groups -OCH3 is 1. The highest BCUT2D eigenvalue weighted by atomic mass is 79.9. The van der Waals surface area contributed by atoms with Crippen LogP contribution >= 0.6 is 15.9 Å². The smallest absolute Gasteiger partial charge is 0.133 e. The van der Waals surface area contributed by atoms with Gasteiger partial charge in [-0.1, -0.05) is 42.5 Å². The maximum atomic E-state index is 5.28. The van der Waals surface area contributed by atoms with Gasteiger partial charge in [-0.2, -0.15) is 0 Å². The van der Waals surface area contributed by atoms with Crippen LogP contribution in [0.3, 0.4) is 0 Å². The predicted molar refractivity (Wildman–Crippen MR) is 69.9 cm³/mol. The normalized spacial score (nSPS) is 10.1. The van der Waals surface area contributed by atoms with Gasteiger partial charge in [-0.25, -0.2) is 0 Å². The summed E-state index contributed by atoms with van der Waals surface area (Å²) < 4.78 is 6.32. The van der Waals surface area contributed by atoms with Gasteiger partial charge >= 0.3 is 0 Å². The molecule has 2 aromatic carbocycles. The molecular formula is C14H13BrO. The number of ether oxygens (including phenoxy) is 1. The van der Waals surface area contributed by atoms with E-state index in [2.05, 4.69) is 46.3 Å². The molecule has 0 aliphatic heterocycles. The molecule has 2 rings (SSSR count). The molecule has 0 aliphatic rings. The van der Waals surface area contributed by atoms with E-state index < -0.39 is 0 Å². The minimum Gasteiger partial charge on any atom is -0.496 e. The molecule has 0 saturated heterocycles. The second-order valence-corrected chi connectivity index (χ2v) is 4.39. The average molecular weight is 277 g/mol. The van der Waals surface area contributed by atoms with Gasteiger partial charge in [-0.3, -0.25) is 0 Å². The molecule has 0 spiro atoms. The van der Waals surface area contributed by atoms with Crippen LogP contribution in [-0.4, -0.2) is 7.11 Å². The summed E-state index contributed by atoms with van der Waals surface area (Å²) in [5, 5.41) is 0. The van der Waals surface area contributed by atoms with Crippen LogP contribution in [0.25, 0.3) is 0 Å². The summed E-state index contributed by atoms with van der Waals surface area (Å²) in [4.78, 5) is 0. The van der Waals surface area contributed by atoms with Gasteiger partial charge in [0.05, 0.1) is 11.6 Å². The monoisotopic (exact) mass is 276 g/mol. The molecule has 1 nitrogen and oxygen atoms in total. The molecule has 0 N–H and O–H groups in total. The Balaban J connectivity index is 2.28. The first kappa shape index (κ1) is 11.2. The fraction of sp³-hybridized carbons (Fsp3) is 0.143. The van der Waals surface area contributed by atoms with E-state index in [9.17, 15) is 0 Å². The van der Waals surface area contributed by atoms with Crippen LogP contribution < -0.4 is 4.74 Å². The van der Waals surface area contributed by atoms with Gasteiger partial charge in [-0.05, 0) is 39.5 Å². The fourth-order valence-electron chi connectivity index (χ4n) is 1.67. The van der Waals surface area contributed by atoms with E-state index in [-0.39, 0.29) is 0 Å². The molecule has 0 aromatic heterocycles. The lowest BCUT2D eigenvalue weighted by Gasteiger charge is -2.08. The van der Waals surface area contributed by atoms with Crippen LogP contribution in [0, 0.1) is 0 Å². The Bertz CT molecular complexity index is 465. The quantitative estimate of drug-likeness (QED) is 0.822. The third-order valence-electron chi connectivity index (χ3n) is 2.50. The summed E-state index contributed by atoms with van der Waals surface area (Å²) >= 11 is 3.57. The standard InChI is InChI=1S/C14H13BrO/c1-16-13-9-5-8-12(14(13)15)10-11-6-3-2-4-7-11/h2-9H,10H2,1H3. The molecule has 0 aliphatic carbocycles. The largest absolute Gasteiger partial charge is 0.496 e. The van der Waals surface area contributed by atoms with E-state index in [4.69, 9.17) is 4.74 Å². The summed E-state index contributed by atoms with van der Waals surface area (Å²) in [5.74, 6) is 0.883. The van der Waals surface area contributed by atoms with Crippen molar-refractivity contribution in [1.82, 2.24) is 0 Å². The molecule has 2 heteroatoms. The lowest BCUT2D eigenvalue weighted by Crippen LogP contribution is -1.92. The Morgan fingerprint density at radius 3 is 2.44 bits per heavy atom. The first-order valence-corrected chi connectivity index (χ1v) is 5.96. The summed E-state index contributed by atoms with van der Waals surface area (Å²) in [7, 11) is 1.69. The van der Waals surface area contributed by atoms with E-state index in [1.807, 2.05) is 18.2 Å². The van der Waals surface area contributed by atoms with E-state index in [0.29, 0.717) is 0 Å². The summed E-state index contributed by atoms with van der Waals surface area (Å²) in [6.45, 7) is 0. The number of rotatable bonds is 3. The van der Waals surface area contributed by atoms with Gasteiger partial charge < -0.3 is 4.74 Å². The van der Waals surface area contributed by atoms with E-state index in [1.165, 1.54) is 11.1 Å². The third kappa shape index (κ3) is 2.45. The number of halogens is 1. The highest BCUT2D eigenvalue weighted by Crippen LogP contribution is 2.29. The van der Waals surface area contributed by atoms with Crippen molar-refractivity contribution in [2.45, 2.75) is 6.42 Å². The Hall–Kier alpha value is -1.28. The molecule has 16 heavy (non-hydrogen) atoms. The Morgan fingerprint density at radius 1 is 1.00 bits per heavy atom. The van der Waals surface area contributed by atoms with Crippen molar-refractivity contribution in [3.8, 4) is 5.75 Å². The van der Waals surface area contributed by atoms with Crippen LogP contribution in [0.5, 0.6) is 5.75 Å². The minimum atomic E-state index is 0.883. The van der Waals surface area contributed by atoms with Gasteiger partial charge in [0, 0.05) is 0 Å². The molecule has 0 amide bonds. The summed E-state index contributed by atoms with van der Waals surface area (Å²) in [5.41, 5.74) is 2.54. The minimum absolute atomic E-state index is 0.883. The Morgan fingerprint density at radius 2 is 1.75 bits per heavy atom. The van der Waals surface area contributed by atoms with Crippen molar-refractivity contribution in [3.63, 3.8) is 0 Å². The zero-order chi connectivity index (χ0) is 11.4. The zero-order valence-corrected chi connectivity index (χ0v) is 10.7. The lowest BCUT2D eigenvalue weighted by atomic mass is 10.1. The number of hydrogen-bond donors (Lipinski definition) is 0. The summed E-state index contributed by atoms with van der Waals surface area (Å²) in [6.07, 6.45) is 0.915. The van der Waals surface area contributed by atoms with Gasteiger partial charge in [0.2, 0.25) is 0 Å². The van der Waals surface area contributed by atoms with E-state index in [1.54, 1.807) is 7.11 Å². The van der Waals surface area contributed by atoms with Gasteiger partial charge in [0.1, 0.15) is 5.75 Å². The van der Waals surface area contributed by atoms with E-state index >= 15 is 0 Å². The third-order valence-corrected chi connectivity index (χ3v) is 3.40. The van der Waals surface area contributed by atoms with Crippen molar-refractivity contribution >= 4 is 15.9 Å². The van der Waals surface area contributed by atoms with Crippen molar-refractivity contribution in [2.75, 3.05) is 7.11 Å². The van der Waals surface area contributed by atoms with Crippen LogP contribution in [0.1, 0.15) is 11.1 Å². The molecule has 0 unspecified atom stereocenters. The first-order chi connectivity index (χ1) is 7.81. The molecule has 0 saturated carbocycles. The highest BCUT2D eigenvalue weighted by Gasteiger charge is 2.05. The number of hydrogen-bond acceptors (Lipinski definition) is 1. The second-order valence-electron chi connectivity index (χ2n) is 3.60. The van der Waals surface area contributed by atoms with Crippen molar-refractivity contribution < 1.29 is 4.74 Å². The van der Waals surface area contributed by atoms with Crippen LogP contribution in [0.15, 0.2) is 53.0 Å². The molecule has 0 atom stereocenters. The molecule has 0 fully saturated rings. The molecule has 0 radical (unpaired) electrons. The SMILES string of the molecule is COc1cccc(Cc2ccccc2)c1Br. The second kappa shape index (κ2) is 5.17. The first-order valence-electron chi connectivity index (χ1n) is 5.16. The maximum absolute atomic E-state index is 5.28. The molecular weight excluding hydrogens is 264 g/mol. The highest BCUT2D eigenvalue weighted by molar-refractivity contribution is 9.10. The average Bonchev–Trinajstić information content (AvgIpc) is 2.33. The number of benzene rings is 2. The molecule has 2 aromatic rings.